The fourth-order valence-electron chi connectivity index (χ4n) is 4.07. The summed E-state index contributed by atoms with van der Waals surface area (Å²) in [5, 5.41) is 8.76. The number of benzene rings is 3. The van der Waals surface area contributed by atoms with Crippen molar-refractivity contribution in [1.29, 1.82) is 0 Å². The molecule has 0 aliphatic heterocycles. The number of hydrogen-bond acceptors (Lipinski definition) is 7. The van der Waals surface area contributed by atoms with Gasteiger partial charge in [-0.3, -0.25) is 0 Å². The maximum atomic E-state index is 13.4. The van der Waals surface area contributed by atoms with Crippen molar-refractivity contribution in [3.05, 3.63) is 101 Å². The van der Waals surface area contributed by atoms with Gasteiger partial charge in [-0.1, -0.05) is 49.4 Å². The van der Waals surface area contributed by atoms with Crippen LogP contribution in [0.15, 0.2) is 72.8 Å². The van der Waals surface area contributed by atoms with Crippen LogP contribution >= 0.6 is 0 Å². The molecule has 2 aromatic heterocycles. The molecular formula is C28H24FN5O2. The van der Waals surface area contributed by atoms with Gasteiger partial charge in [-0.05, 0) is 41.5 Å². The van der Waals surface area contributed by atoms with Crippen molar-refractivity contribution in [2.75, 3.05) is 14.2 Å². The minimum absolute atomic E-state index is 0.0707. The molecule has 5 aromatic rings. The fraction of sp³-hybridized carbons (Fsp3) is 0.179. The summed E-state index contributed by atoms with van der Waals surface area (Å²) in [6, 6.07) is 21.9. The molecule has 180 valence electrons. The number of fused-ring (bicyclic) bond motifs is 1. The number of aromatic nitrogens is 5. The van der Waals surface area contributed by atoms with Crippen molar-refractivity contribution in [3.63, 3.8) is 0 Å². The zero-order valence-corrected chi connectivity index (χ0v) is 20.1. The van der Waals surface area contributed by atoms with Crippen LogP contribution in [-0.4, -0.2) is 39.4 Å². The first-order chi connectivity index (χ1) is 17.6. The fourth-order valence-corrected chi connectivity index (χ4v) is 4.07. The third kappa shape index (κ3) is 4.70. The van der Waals surface area contributed by atoms with Gasteiger partial charge in [-0.15, -0.1) is 10.2 Å². The van der Waals surface area contributed by atoms with E-state index in [2.05, 4.69) is 34.2 Å². The van der Waals surface area contributed by atoms with Gasteiger partial charge in [0, 0.05) is 17.9 Å². The number of hydrogen-bond donors (Lipinski definition) is 0. The zero-order valence-electron chi connectivity index (χ0n) is 20.1. The molecule has 0 aliphatic rings. The van der Waals surface area contributed by atoms with Gasteiger partial charge in [0.15, 0.2) is 17.3 Å². The van der Waals surface area contributed by atoms with Gasteiger partial charge in [0.05, 0.1) is 19.9 Å². The largest absolute Gasteiger partial charge is 0.493 e. The summed E-state index contributed by atoms with van der Waals surface area (Å²) in [5.74, 6) is 1.83. The third-order valence-corrected chi connectivity index (χ3v) is 6.02. The van der Waals surface area contributed by atoms with Crippen LogP contribution in [0.3, 0.4) is 0 Å². The Morgan fingerprint density at radius 1 is 0.806 bits per heavy atom. The third-order valence-electron chi connectivity index (χ3n) is 6.02. The smallest absolute Gasteiger partial charge is 0.204 e. The molecule has 0 bridgehead atoms. The van der Waals surface area contributed by atoms with Crippen LogP contribution in [-0.2, 0) is 6.42 Å². The number of halogens is 1. The highest BCUT2D eigenvalue weighted by Crippen LogP contribution is 2.32. The molecule has 3 aromatic carbocycles. The zero-order chi connectivity index (χ0) is 25.1. The number of rotatable bonds is 7. The molecule has 0 spiro atoms. The summed E-state index contributed by atoms with van der Waals surface area (Å²) in [6.07, 6.45) is 0.434. The predicted octanol–water partition coefficient (Wildman–Crippen LogP) is 5.38. The topological polar surface area (TPSA) is 82.9 Å². The van der Waals surface area contributed by atoms with Crippen LogP contribution in [0.25, 0.3) is 22.6 Å². The monoisotopic (exact) mass is 481 g/mol. The Morgan fingerprint density at radius 2 is 1.56 bits per heavy atom. The normalized spacial score (nSPS) is 11.9. The maximum absolute atomic E-state index is 13.4. The van der Waals surface area contributed by atoms with Gasteiger partial charge < -0.3 is 9.47 Å². The highest BCUT2D eigenvalue weighted by atomic mass is 19.1. The molecule has 0 amide bonds. The lowest BCUT2D eigenvalue weighted by Crippen LogP contribution is -2.10. The van der Waals surface area contributed by atoms with Crippen LogP contribution in [0.4, 0.5) is 4.39 Å². The molecule has 0 radical (unpaired) electrons. The second kappa shape index (κ2) is 10.0. The lowest BCUT2D eigenvalue weighted by molar-refractivity contribution is 0.355. The lowest BCUT2D eigenvalue weighted by Gasteiger charge is -2.15. The van der Waals surface area contributed by atoms with E-state index in [-0.39, 0.29) is 11.7 Å². The van der Waals surface area contributed by atoms with E-state index in [1.807, 2.05) is 30.3 Å². The summed E-state index contributed by atoms with van der Waals surface area (Å²) < 4.78 is 24.2. The Bertz CT molecular complexity index is 1510. The summed E-state index contributed by atoms with van der Waals surface area (Å²) in [6.45, 7) is 2.08. The van der Waals surface area contributed by atoms with Crippen molar-refractivity contribution in [2.45, 2.75) is 19.3 Å². The summed E-state index contributed by atoms with van der Waals surface area (Å²) in [5.41, 5.74) is 4.46. The minimum Gasteiger partial charge on any atom is -0.493 e. The van der Waals surface area contributed by atoms with Crippen LogP contribution < -0.4 is 9.47 Å². The van der Waals surface area contributed by atoms with Crippen molar-refractivity contribution in [1.82, 2.24) is 25.1 Å². The van der Waals surface area contributed by atoms with E-state index in [1.54, 1.807) is 32.4 Å². The molecule has 0 saturated carbocycles. The molecule has 0 N–H and O–H groups in total. The lowest BCUT2D eigenvalue weighted by atomic mass is 9.96. The van der Waals surface area contributed by atoms with E-state index in [0.29, 0.717) is 40.7 Å². The number of methoxy groups -OCH3 is 2. The summed E-state index contributed by atoms with van der Waals surface area (Å²) >= 11 is 0. The van der Waals surface area contributed by atoms with Gasteiger partial charge in [0.1, 0.15) is 17.2 Å². The van der Waals surface area contributed by atoms with Crippen LogP contribution in [0, 0.1) is 5.82 Å². The Labute approximate surface area is 208 Å². The number of ether oxygens (including phenoxy) is 2. The van der Waals surface area contributed by atoms with Gasteiger partial charge in [0.25, 0.3) is 0 Å². The van der Waals surface area contributed by atoms with Crippen molar-refractivity contribution >= 4 is 11.2 Å². The molecule has 0 unspecified atom stereocenters. The quantitative estimate of drug-likeness (QED) is 0.309. The first-order valence-electron chi connectivity index (χ1n) is 11.5. The Hall–Kier alpha value is -4.46. The SMILES string of the molecule is COc1ccc(-c2nnc3nc(Cc4ccc(F)cc4)nc([C@@H](C)c4ccccc4)c3n2)cc1OC. The molecule has 0 saturated heterocycles. The Morgan fingerprint density at radius 3 is 2.28 bits per heavy atom. The molecular weight excluding hydrogens is 457 g/mol. The molecule has 0 aliphatic carbocycles. The maximum Gasteiger partial charge on any atom is 0.204 e. The predicted molar refractivity (Wildman–Crippen MR) is 135 cm³/mol. The van der Waals surface area contributed by atoms with Gasteiger partial charge in [0.2, 0.25) is 5.65 Å². The van der Waals surface area contributed by atoms with Crippen LogP contribution in [0.1, 0.15) is 35.5 Å². The van der Waals surface area contributed by atoms with Crippen LogP contribution in [0.5, 0.6) is 11.5 Å². The number of nitrogens with zero attached hydrogens (tertiary/aromatic N) is 5. The first kappa shape index (κ1) is 23.3. The molecule has 36 heavy (non-hydrogen) atoms. The van der Waals surface area contributed by atoms with E-state index in [1.165, 1.54) is 12.1 Å². The first-order valence-corrected chi connectivity index (χ1v) is 11.5. The molecule has 8 heteroatoms. The molecule has 5 rings (SSSR count). The van der Waals surface area contributed by atoms with Gasteiger partial charge in [-0.25, -0.2) is 19.3 Å². The minimum atomic E-state index is -0.283. The van der Waals surface area contributed by atoms with Gasteiger partial charge >= 0.3 is 0 Å². The van der Waals surface area contributed by atoms with Crippen molar-refractivity contribution in [3.8, 4) is 22.9 Å². The van der Waals surface area contributed by atoms with Gasteiger partial charge in [-0.2, -0.15) is 0 Å². The second-order valence-electron chi connectivity index (χ2n) is 8.34. The van der Waals surface area contributed by atoms with E-state index in [4.69, 9.17) is 19.4 Å². The molecule has 0 fully saturated rings. The van der Waals surface area contributed by atoms with Crippen molar-refractivity contribution < 1.29 is 13.9 Å². The highest BCUT2D eigenvalue weighted by molar-refractivity contribution is 5.76. The molecule has 1 atom stereocenters. The standard InChI is InChI=1S/C28H24FN5O2/c1-17(19-7-5-4-6-8-19)25-26-28(31-24(30-25)15-18-9-12-21(29)13-10-18)34-33-27(32-26)20-11-14-22(35-2)23(16-20)36-3/h4-14,16-17H,15H2,1-3H3/t17-/m0/s1. The van der Waals surface area contributed by atoms with Crippen molar-refractivity contribution in [2.24, 2.45) is 0 Å². The van der Waals surface area contributed by atoms with E-state index in [9.17, 15) is 4.39 Å². The molecule has 7 nitrogen and oxygen atoms in total. The van der Waals surface area contributed by atoms with E-state index < -0.39 is 0 Å². The summed E-state index contributed by atoms with van der Waals surface area (Å²) in [7, 11) is 3.17. The van der Waals surface area contributed by atoms with E-state index >= 15 is 0 Å². The Balaban J connectivity index is 1.63. The highest BCUT2D eigenvalue weighted by Gasteiger charge is 2.20. The Kier molecular flexibility index (Phi) is 6.49. The summed E-state index contributed by atoms with van der Waals surface area (Å²) in [4.78, 5) is 14.4. The molecule has 2 heterocycles. The van der Waals surface area contributed by atoms with Crippen LogP contribution in [0.2, 0.25) is 0 Å². The second-order valence-corrected chi connectivity index (χ2v) is 8.34. The average molecular weight is 482 g/mol. The average Bonchev–Trinajstić information content (AvgIpc) is 2.93. The van der Waals surface area contributed by atoms with E-state index in [0.717, 1.165) is 22.4 Å².